The second-order valence-electron chi connectivity index (χ2n) is 6.55. The summed E-state index contributed by atoms with van der Waals surface area (Å²) in [5.41, 5.74) is 3.26. The number of hydrazone groups is 1. The van der Waals surface area contributed by atoms with Gasteiger partial charge in [-0.15, -0.1) is 0 Å². The lowest BCUT2D eigenvalue weighted by Crippen LogP contribution is -2.20. The number of hydrogen-bond acceptors (Lipinski definition) is 5. The number of carbonyl (C=O) groups is 1. The highest BCUT2D eigenvalue weighted by molar-refractivity contribution is 6.37. The van der Waals surface area contributed by atoms with Crippen molar-refractivity contribution in [1.29, 1.82) is 0 Å². The maximum atomic E-state index is 13.7. The molecule has 1 N–H and O–H groups in total. The van der Waals surface area contributed by atoms with E-state index in [1.54, 1.807) is 24.3 Å². The molecule has 3 rings (SSSR count). The van der Waals surface area contributed by atoms with E-state index in [9.17, 15) is 19.3 Å². The van der Waals surface area contributed by atoms with Gasteiger partial charge in [0.1, 0.15) is 12.4 Å². The van der Waals surface area contributed by atoms with Crippen LogP contribution in [0.25, 0.3) is 0 Å². The molecule has 0 atom stereocenters. The third-order valence-corrected chi connectivity index (χ3v) is 4.85. The van der Waals surface area contributed by atoms with Gasteiger partial charge >= 0.3 is 0 Å². The Morgan fingerprint density at radius 1 is 1.09 bits per heavy atom. The van der Waals surface area contributed by atoms with Crippen LogP contribution in [0.4, 0.5) is 10.1 Å². The lowest BCUT2D eigenvalue weighted by molar-refractivity contribution is -0.385. The van der Waals surface area contributed by atoms with Crippen molar-refractivity contribution in [2.24, 2.45) is 5.10 Å². The lowest BCUT2D eigenvalue weighted by atomic mass is 10.1. The predicted molar refractivity (Wildman–Crippen MR) is 120 cm³/mol. The minimum absolute atomic E-state index is 0.0543. The van der Waals surface area contributed by atoms with Crippen molar-refractivity contribution >= 4 is 41.0 Å². The van der Waals surface area contributed by atoms with Gasteiger partial charge in [-0.3, -0.25) is 14.9 Å². The summed E-state index contributed by atoms with van der Waals surface area (Å²) in [7, 11) is 0. The highest BCUT2D eigenvalue weighted by Crippen LogP contribution is 2.34. The smallest absolute Gasteiger partial charge is 0.273 e. The van der Waals surface area contributed by atoms with Gasteiger partial charge in [0.25, 0.3) is 5.69 Å². The summed E-state index contributed by atoms with van der Waals surface area (Å²) in [5, 5.41) is 15.2. The number of nitrogens with zero attached hydrogens (tertiary/aromatic N) is 2. The molecule has 0 heterocycles. The fourth-order valence-electron chi connectivity index (χ4n) is 2.79. The maximum Gasteiger partial charge on any atom is 0.273 e. The fraction of sp³-hybridized carbons (Fsp3) is 0.0909. The van der Waals surface area contributed by atoms with Crippen LogP contribution in [0.15, 0.2) is 65.8 Å². The Hall–Kier alpha value is -3.49. The number of halogens is 3. The molecule has 0 unspecified atom stereocenters. The molecule has 3 aromatic carbocycles. The number of benzene rings is 3. The van der Waals surface area contributed by atoms with E-state index in [-0.39, 0.29) is 40.1 Å². The molecule has 0 aliphatic rings. The Labute approximate surface area is 192 Å². The Balaban J connectivity index is 1.62. The van der Waals surface area contributed by atoms with Gasteiger partial charge in [-0.05, 0) is 23.8 Å². The van der Waals surface area contributed by atoms with E-state index in [1.165, 1.54) is 42.6 Å². The summed E-state index contributed by atoms with van der Waals surface area (Å²) in [6, 6.07) is 15.2. The zero-order valence-corrected chi connectivity index (χ0v) is 17.9. The molecule has 0 saturated carbocycles. The van der Waals surface area contributed by atoms with Gasteiger partial charge < -0.3 is 4.74 Å². The predicted octanol–water partition coefficient (Wildman–Crippen LogP) is 5.31. The Morgan fingerprint density at radius 2 is 1.72 bits per heavy atom. The van der Waals surface area contributed by atoms with Crippen molar-refractivity contribution in [2.75, 3.05) is 0 Å². The third-order valence-electron chi connectivity index (χ3n) is 4.29. The van der Waals surface area contributed by atoms with Crippen molar-refractivity contribution in [3.05, 3.63) is 103 Å². The van der Waals surface area contributed by atoms with Gasteiger partial charge in [-0.2, -0.15) is 5.10 Å². The zero-order chi connectivity index (χ0) is 23.1. The number of carbonyl (C=O) groups excluding carboxylic acids is 1. The van der Waals surface area contributed by atoms with Crippen molar-refractivity contribution < 1.29 is 18.8 Å². The lowest BCUT2D eigenvalue weighted by Gasteiger charge is -2.11. The molecular weight excluding hydrogens is 460 g/mol. The highest BCUT2D eigenvalue weighted by atomic mass is 35.5. The molecular formula is C22H16Cl2FN3O4. The van der Waals surface area contributed by atoms with Crippen LogP contribution in [-0.4, -0.2) is 17.0 Å². The van der Waals surface area contributed by atoms with Crippen LogP contribution in [0, 0.1) is 15.9 Å². The van der Waals surface area contributed by atoms with Crippen LogP contribution < -0.4 is 10.2 Å². The van der Waals surface area contributed by atoms with E-state index < -0.39 is 16.6 Å². The average Bonchev–Trinajstić information content (AvgIpc) is 2.74. The molecule has 10 heteroatoms. The Kier molecular flexibility index (Phi) is 7.75. The molecule has 0 aliphatic heterocycles. The molecule has 164 valence electrons. The maximum absolute atomic E-state index is 13.7. The van der Waals surface area contributed by atoms with Gasteiger partial charge in [0, 0.05) is 17.2 Å². The third kappa shape index (κ3) is 6.03. The molecule has 0 bridgehead atoms. The van der Waals surface area contributed by atoms with Gasteiger partial charge in [0.2, 0.25) is 5.91 Å². The van der Waals surface area contributed by atoms with Crippen LogP contribution in [-0.2, 0) is 17.8 Å². The average molecular weight is 476 g/mol. The fourth-order valence-corrected chi connectivity index (χ4v) is 3.40. The van der Waals surface area contributed by atoms with E-state index in [4.69, 9.17) is 27.9 Å². The Morgan fingerprint density at radius 3 is 2.38 bits per heavy atom. The van der Waals surface area contributed by atoms with E-state index in [1.807, 2.05) is 0 Å². The zero-order valence-electron chi connectivity index (χ0n) is 16.4. The van der Waals surface area contributed by atoms with Gasteiger partial charge in [-0.1, -0.05) is 59.6 Å². The SMILES string of the molecule is O=C(Cc1ccccc1[N+](=O)[O-])NN=Cc1cc(Cl)c(OCc2ccccc2F)c(Cl)c1. The van der Waals surface area contributed by atoms with Crippen molar-refractivity contribution in [3.63, 3.8) is 0 Å². The first-order valence-electron chi connectivity index (χ1n) is 9.24. The normalized spacial score (nSPS) is 10.8. The number of nitro groups is 1. The largest absolute Gasteiger partial charge is 0.486 e. The molecule has 0 spiro atoms. The topological polar surface area (TPSA) is 93.8 Å². The minimum Gasteiger partial charge on any atom is -0.486 e. The number of ether oxygens (including phenoxy) is 1. The van der Waals surface area contributed by atoms with Crippen molar-refractivity contribution in [1.82, 2.24) is 5.43 Å². The van der Waals surface area contributed by atoms with Crippen LogP contribution >= 0.6 is 23.2 Å². The molecule has 0 aromatic heterocycles. The summed E-state index contributed by atoms with van der Waals surface area (Å²) < 4.78 is 19.3. The number of nitrogens with one attached hydrogen (secondary N) is 1. The molecule has 0 saturated heterocycles. The van der Waals surface area contributed by atoms with Crippen molar-refractivity contribution in [2.45, 2.75) is 13.0 Å². The van der Waals surface area contributed by atoms with E-state index >= 15 is 0 Å². The number of hydrogen-bond donors (Lipinski definition) is 1. The molecule has 3 aromatic rings. The summed E-state index contributed by atoms with van der Waals surface area (Å²) >= 11 is 12.4. The Bertz CT molecular complexity index is 1160. The quantitative estimate of drug-likeness (QED) is 0.271. The number of amides is 1. The van der Waals surface area contributed by atoms with E-state index in [0.29, 0.717) is 11.1 Å². The monoisotopic (exact) mass is 475 g/mol. The first-order valence-corrected chi connectivity index (χ1v) is 10.00. The van der Waals surface area contributed by atoms with Crippen LogP contribution in [0.2, 0.25) is 10.0 Å². The van der Waals surface area contributed by atoms with Gasteiger partial charge in [0.05, 0.1) is 27.6 Å². The molecule has 0 radical (unpaired) electrons. The molecule has 0 aliphatic carbocycles. The second-order valence-corrected chi connectivity index (χ2v) is 7.36. The second kappa shape index (κ2) is 10.7. The molecule has 7 nitrogen and oxygen atoms in total. The van der Waals surface area contributed by atoms with E-state index in [2.05, 4.69) is 10.5 Å². The first-order chi connectivity index (χ1) is 15.3. The summed E-state index contributed by atoms with van der Waals surface area (Å²) in [5.74, 6) is -0.744. The summed E-state index contributed by atoms with van der Waals surface area (Å²) in [6.07, 6.45) is 1.11. The highest BCUT2D eigenvalue weighted by Gasteiger charge is 2.15. The number of nitro benzene ring substituents is 1. The minimum atomic E-state index is -0.550. The first kappa shape index (κ1) is 23.2. The van der Waals surface area contributed by atoms with E-state index in [0.717, 1.165) is 0 Å². The van der Waals surface area contributed by atoms with Crippen molar-refractivity contribution in [3.8, 4) is 5.75 Å². The summed E-state index contributed by atoms with van der Waals surface area (Å²) in [6.45, 7) is -0.0543. The molecule has 1 amide bonds. The van der Waals surface area contributed by atoms with Gasteiger partial charge in [0.15, 0.2) is 5.75 Å². The van der Waals surface area contributed by atoms with Crippen LogP contribution in [0.1, 0.15) is 16.7 Å². The summed E-state index contributed by atoms with van der Waals surface area (Å²) in [4.78, 5) is 22.5. The standard InChI is InChI=1S/C22H16Cl2FN3O4/c23-17-9-14(10-18(24)22(17)32-13-16-6-1-3-7-19(16)25)12-26-27-21(29)11-15-5-2-4-8-20(15)28(30)31/h1-10,12H,11,13H2,(H,27,29). The number of para-hydroxylation sites is 1. The molecule has 0 fully saturated rings. The molecule has 32 heavy (non-hydrogen) atoms. The number of rotatable bonds is 8. The van der Waals surface area contributed by atoms with Crippen LogP contribution in [0.5, 0.6) is 5.75 Å². The van der Waals surface area contributed by atoms with Gasteiger partial charge in [-0.25, -0.2) is 9.82 Å². The van der Waals surface area contributed by atoms with Crippen LogP contribution in [0.3, 0.4) is 0 Å².